The van der Waals surface area contributed by atoms with Gasteiger partial charge in [-0.3, -0.25) is 15.1 Å². The van der Waals surface area contributed by atoms with Crippen molar-refractivity contribution in [1.29, 1.82) is 0 Å². The van der Waals surface area contributed by atoms with Crippen molar-refractivity contribution in [3.05, 3.63) is 33.1 Å². The predicted molar refractivity (Wildman–Crippen MR) is 65.4 cm³/mol. The highest BCUT2D eigenvalue weighted by atomic mass is 35.5. The zero-order valence-corrected chi connectivity index (χ0v) is 10.5. The summed E-state index contributed by atoms with van der Waals surface area (Å²) in [6, 6.07) is 0. The minimum atomic E-state index is -1.31. The SMILES string of the molecule is CNCCC(O)C(O)c1cncc([N+](=O)[O-])c1Cl. The van der Waals surface area contributed by atoms with Crippen LogP contribution in [0, 0.1) is 10.1 Å². The lowest BCUT2D eigenvalue weighted by Gasteiger charge is -2.18. The molecular weight excluding hydrogens is 262 g/mol. The monoisotopic (exact) mass is 275 g/mol. The molecule has 0 radical (unpaired) electrons. The molecule has 8 heteroatoms. The van der Waals surface area contributed by atoms with Crippen LogP contribution in [0.15, 0.2) is 12.4 Å². The zero-order chi connectivity index (χ0) is 13.7. The van der Waals surface area contributed by atoms with Crippen molar-refractivity contribution >= 4 is 17.3 Å². The van der Waals surface area contributed by atoms with E-state index in [0.717, 1.165) is 6.20 Å². The van der Waals surface area contributed by atoms with Gasteiger partial charge in [0.25, 0.3) is 0 Å². The van der Waals surface area contributed by atoms with Gasteiger partial charge in [0, 0.05) is 11.8 Å². The van der Waals surface area contributed by atoms with Crippen molar-refractivity contribution < 1.29 is 15.1 Å². The Morgan fingerprint density at radius 2 is 2.22 bits per heavy atom. The third kappa shape index (κ3) is 3.36. The fourth-order valence-electron chi connectivity index (χ4n) is 1.44. The van der Waals surface area contributed by atoms with E-state index in [-0.39, 0.29) is 17.0 Å². The van der Waals surface area contributed by atoms with Crippen molar-refractivity contribution in [2.24, 2.45) is 0 Å². The van der Waals surface area contributed by atoms with E-state index >= 15 is 0 Å². The third-order valence-corrected chi connectivity index (χ3v) is 2.87. The molecule has 0 saturated carbocycles. The number of pyridine rings is 1. The second-order valence-electron chi connectivity index (χ2n) is 3.72. The molecule has 0 bridgehead atoms. The molecule has 2 unspecified atom stereocenters. The average Bonchev–Trinajstić information content (AvgIpc) is 2.35. The molecule has 3 N–H and O–H groups in total. The summed E-state index contributed by atoms with van der Waals surface area (Å²) >= 11 is 5.81. The van der Waals surface area contributed by atoms with E-state index in [9.17, 15) is 20.3 Å². The van der Waals surface area contributed by atoms with Crippen molar-refractivity contribution in [1.82, 2.24) is 10.3 Å². The van der Waals surface area contributed by atoms with E-state index in [1.807, 2.05) is 0 Å². The van der Waals surface area contributed by atoms with E-state index in [1.165, 1.54) is 6.20 Å². The summed E-state index contributed by atoms with van der Waals surface area (Å²) < 4.78 is 0. The molecule has 18 heavy (non-hydrogen) atoms. The van der Waals surface area contributed by atoms with Gasteiger partial charge in [0.2, 0.25) is 0 Å². The molecule has 1 aromatic rings. The fraction of sp³-hybridized carbons (Fsp3) is 0.500. The number of hydrogen-bond donors (Lipinski definition) is 3. The number of aliphatic hydroxyl groups is 2. The summed E-state index contributed by atoms with van der Waals surface area (Å²) in [4.78, 5) is 13.6. The summed E-state index contributed by atoms with van der Waals surface area (Å²) in [5.41, 5.74) is -0.344. The van der Waals surface area contributed by atoms with Gasteiger partial charge in [0.15, 0.2) is 0 Å². The van der Waals surface area contributed by atoms with Gasteiger partial charge in [-0.1, -0.05) is 11.6 Å². The molecule has 1 aromatic heterocycles. The highest BCUT2D eigenvalue weighted by molar-refractivity contribution is 6.33. The highest BCUT2D eigenvalue weighted by Crippen LogP contribution is 2.32. The summed E-state index contributed by atoms with van der Waals surface area (Å²) in [7, 11) is 1.71. The standard InChI is InChI=1S/C10H14ClN3O4/c1-12-3-2-8(15)10(16)6-4-13-5-7(9(6)11)14(17)18/h4-5,8,10,12,15-16H,2-3H2,1H3. The second-order valence-corrected chi connectivity index (χ2v) is 4.10. The lowest BCUT2D eigenvalue weighted by molar-refractivity contribution is -0.385. The molecule has 0 aliphatic carbocycles. The molecule has 0 aliphatic heterocycles. The van der Waals surface area contributed by atoms with Gasteiger partial charge >= 0.3 is 5.69 Å². The second kappa shape index (κ2) is 6.60. The van der Waals surface area contributed by atoms with E-state index in [1.54, 1.807) is 7.05 Å². The normalized spacial score (nSPS) is 14.2. The van der Waals surface area contributed by atoms with Crippen LogP contribution < -0.4 is 5.32 Å². The predicted octanol–water partition coefficient (Wildman–Crippen LogP) is 0.647. The third-order valence-electron chi connectivity index (χ3n) is 2.46. The zero-order valence-electron chi connectivity index (χ0n) is 9.71. The van der Waals surface area contributed by atoms with Crippen LogP contribution in [0.2, 0.25) is 5.02 Å². The van der Waals surface area contributed by atoms with E-state index in [4.69, 9.17) is 11.6 Å². The minimum Gasteiger partial charge on any atom is -0.390 e. The highest BCUT2D eigenvalue weighted by Gasteiger charge is 2.25. The number of halogens is 1. The van der Waals surface area contributed by atoms with Crippen LogP contribution in [0.1, 0.15) is 18.1 Å². The van der Waals surface area contributed by atoms with Gasteiger partial charge in [0.05, 0.1) is 11.0 Å². The molecule has 1 rings (SSSR count). The van der Waals surface area contributed by atoms with Crippen LogP contribution >= 0.6 is 11.6 Å². The van der Waals surface area contributed by atoms with Crippen LogP contribution in [0.4, 0.5) is 5.69 Å². The van der Waals surface area contributed by atoms with E-state index in [2.05, 4.69) is 10.3 Å². The Balaban J connectivity index is 2.95. The Kier molecular flexibility index (Phi) is 5.42. The topological polar surface area (TPSA) is 109 Å². The van der Waals surface area contributed by atoms with Gasteiger partial charge in [-0.15, -0.1) is 0 Å². The maximum Gasteiger partial charge on any atom is 0.306 e. The maximum absolute atomic E-state index is 10.7. The lowest BCUT2D eigenvalue weighted by atomic mass is 10.0. The van der Waals surface area contributed by atoms with Gasteiger partial charge in [0.1, 0.15) is 17.3 Å². The molecule has 0 aromatic carbocycles. The van der Waals surface area contributed by atoms with Gasteiger partial charge in [-0.05, 0) is 20.0 Å². The fourth-order valence-corrected chi connectivity index (χ4v) is 1.72. The first-order valence-corrected chi connectivity index (χ1v) is 5.65. The number of nitrogens with one attached hydrogen (secondary N) is 1. The molecule has 0 fully saturated rings. The number of hydrogen-bond acceptors (Lipinski definition) is 6. The maximum atomic E-state index is 10.7. The summed E-state index contributed by atoms with van der Waals surface area (Å²) in [6.45, 7) is 0.498. The Morgan fingerprint density at radius 3 is 2.78 bits per heavy atom. The number of aromatic nitrogens is 1. The van der Waals surface area contributed by atoms with Crippen LogP contribution in [0.25, 0.3) is 0 Å². The van der Waals surface area contributed by atoms with Gasteiger partial charge < -0.3 is 15.5 Å². The van der Waals surface area contributed by atoms with Crippen molar-refractivity contribution in [2.45, 2.75) is 18.6 Å². The average molecular weight is 276 g/mol. The van der Waals surface area contributed by atoms with Crippen molar-refractivity contribution in [3.63, 3.8) is 0 Å². The number of rotatable bonds is 6. The summed E-state index contributed by atoms with van der Waals surface area (Å²) in [5.74, 6) is 0. The number of nitrogens with zero attached hydrogens (tertiary/aromatic N) is 2. The van der Waals surface area contributed by atoms with Crippen LogP contribution in [0.3, 0.4) is 0 Å². The minimum absolute atomic E-state index is 0.0504. The van der Waals surface area contributed by atoms with Crippen molar-refractivity contribution in [2.75, 3.05) is 13.6 Å². The van der Waals surface area contributed by atoms with Crippen LogP contribution in [0.5, 0.6) is 0 Å². The molecular formula is C10H14ClN3O4. The molecule has 1 heterocycles. The quantitative estimate of drug-likeness (QED) is 0.519. The first kappa shape index (κ1) is 14.8. The molecule has 0 spiro atoms. The molecule has 0 saturated heterocycles. The Hall–Kier alpha value is -1.28. The Morgan fingerprint density at radius 1 is 1.56 bits per heavy atom. The Labute approximate surface area is 109 Å². The molecule has 2 atom stereocenters. The molecule has 0 aliphatic rings. The largest absolute Gasteiger partial charge is 0.390 e. The van der Waals surface area contributed by atoms with Crippen molar-refractivity contribution in [3.8, 4) is 0 Å². The van der Waals surface area contributed by atoms with Gasteiger partial charge in [-0.25, -0.2) is 0 Å². The Bertz CT molecular complexity index is 430. The number of aliphatic hydroxyl groups excluding tert-OH is 2. The molecule has 100 valence electrons. The summed E-state index contributed by atoms with van der Waals surface area (Å²) in [6.07, 6.45) is 0.120. The first-order valence-electron chi connectivity index (χ1n) is 5.27. The molecule has 0 amide bonds. The first-order chi connectivity index (χ1) is 8.49. The van der Waals surface area contributed by atoms with E-state index in [0.29, 0.717) is 6.54 Å². The van der Waals surface area contributed by atoms with Gasteiger partial charge in [-0.2, -0.15) is 0 Å². The lowest BCUT2D eigenvalue weighted by Crippen LogP contribution is -2.23. The molecule has 7 nitrogen and oxygen atoms in total. The summed E-state index contributed by atoms with van der Waals surface area (Å²) in [5, 5.41) is 32.9. The van der Waals surface area contributed by atoms with Crippen LogP contribution in [-0.4, -0.2) is 39.8 Å². The smallest absolute Gasteiger partial charge is 0.306 e. The van der Waals surface area contributed by atoms with Crippen LogP contribution in [-0.2, 0) is 0 Å². The number of nitro groups is 1. The van der Waals surface area contributed by atoms with E-state index < -0.39 is 22.8 Å².